The molecular formula is C16H26N2O2. The number of nitrogens with one attached hydrogen (secondary N) is 1. The zero-order valence-corrected chi connectivity index (χ0v) is 13.0. The van der Waals surface area contributed by atoms with Gasteiger partial charge in [-0.15, -0.1) is 0 Å². The summed E-state index contributed by atoms with van der Waals surface area (Å²) in [6.07, 6.45) is 0.523. The highest BCUT2D eigenvalue weighted by Gasteiger charge is 2.12. The van der Waals surface area contributed by atoms with Gasteiger partial charge < -0.3 is 15.0 Å². The van der Waals surface area contributed by atoms with Crippen molar-refractivity contribution in [2.75, 3.05) is 26.7 Å². The average molecular weight is 278 g/mol. The fraction of sp³-hybridized carbons (Fsp3) is 0.562. The molecular weight excluding hydrogens is 252 g/mol. The summed E-state index contributed by atoms with van der Waals surface area (Å²) in [6, 6.07) is 8.12. The maximum absolute atomic E-state index is 12.0. The van der Waals surface area contributed by atoms with Gasteiger partial charge in [0.15, 0.2) is 0 Å². The molecule has 4 heteroatoms. The summed E-state index contributed by atoms with van der Waals surface area (Å²) in [7, 11) is 1.82. The molecule has 0 aliphatic heterocycles. The van der Waals surface area contributed by atoms with E-state index in [1.165, 1.54) is 0 Å². The Morgan fingerprint density at radius 1 is 1.40 bits per heavy atom. The Labute approximate surface area is 122 Å². The molecule has 20 heavy (non-hydrogen) atoms. The Hall–Kier alpha value is -1.55. The summed E-state index contributed by atoms with van der Waals surface area (Å²) >= 11 is 0. The Kier molecular flexibility index (Phi) is 7.09. The van der Waals surface area contributed by atoms with Gasteiger partial charge in [0.25, 0.3) is 0 Å². The fourth-order valence-electron chi connectivity index (χ4n) is 1.97. The van der Waals surface area contributed by atoms with E-state index in [9.17, 15) is 4.79 Å². The number of benzene rings is 1. The van der Waals surface area contributed by atoms with Crippen LogP contribution in [0.1, 0.15) is 25.8 Å². The summed E-state index contributed by atoms with van der Waals surface area (Å²) in [6.45, 7) is 8.09. The smallest absolute Gasteiger partial charge is 0.223 e. The van der Waals surface area contributed by atoms with E-state index in [4.69, 9.17) is 4.74 Å². The highest BCUT2D eigenvalue weighted by Crippen LogP contribution is 2.15. The third-order valence-corrected chi connectivity index (χ3v) is 3.24. The molecule has 1 unspecified atom stereocenters. The molecule has 1 rings (SSSR count). The molecule has 0 spiro atoms. The van der Waals surface area contributed by atoms with Gasteiger partial charge in [-0.1, -0.05) is 25.1 Å². The zero-order valence-electron chi connectivity index (χ0n) is 13.0. The second kappa shape index (κ2) is 8.59. The van der Waals surface area contributed by atoms with E-state index in [1.807, 2.05) is 52.1 Å². The second-order valence-corrected chi connectivity index (χ2v) is 5.09. The minimum atomic E-state index is 0.145. The van der Waals surface area contributed by atoms with E-state index in [-0.39, 0.29) is 11.9 Å². The van der Waals surface area contributed by atoms with Gasteiger partial charge in [0.1, 0.15) is 12.4 Å². The van der Waals surface area contributed by atoms with Crippen LogP contribution >= 0.6 is 0 Å². The summed E-state index contributed by atoms with van der Waals surface area (Å²) in [5.74, 6) is 1.03. The van der Waals surface area contributed by atoms with E-state index in [0.29, 0.717) is 19.6 Å². The van der Waals surface area contributed by atoms with Crippen molar-refractivity contribution in [2.45, 2.75) is 33.2 Å². The van der Waals surface area contributed by atoms with Crippen LogP contribution in [0.5, 0.6) is 5.75 Å². The number of rotatable bonds is 8. The topological polar surface area (TPSA) is 41.6 Å². The van der Waals surface area contributed by atoms with Crippen LogP contribution in [0.2, 0.25) is 0 Å². The van der Waals surface area contributed by atoms with Gasteiger partial charge >= 0.3 is 0 Å². The van der Waals surface area contributed by atoms with E-state index in [1.54, 1.807) is 4.90 Å². The summed E-state index contributed by atoms with van der Waals surface area (Å²) in [4.78, 5) is 13.7. The van der Waals surface area contributed by atoms with Gasteiger partial charge in [-0.05, 0) is 32.0 Å². The maximum atomic E-state index is 12.0. The van der Waals surface area contributed by atoms with Gasteiger partial charge in [-0.2, -0.15) is 0 Å². The first kappa shape index (κ1) is 16.5. The second-order valence-electron chi connectivity index (χ2n) is 5.09. The van der Waals surface area contributed by atoms with Gasteiger partial charge in [0, 0.05) is 19.5 Å². The molecule has 1 aromatic rings. The van der Waals surface area contributed by atoms with Crippen molar-refractivity contribution in [3.8, 4) is 5.75 Å². The standard InChI is InChI=1S/C16H26N2O2/c1-5-17-14(3)12-16(19)18(4)10-11-20-15-9-7-6-8-13(15)2/h6-9,14,17H,5,10-12H2,1-4H3. The highest BCUT2D eigenvalue weighted by molar-refractivity contribution is 5.76. The summed E-state index contributed by atoms with van der Waals surface area (Å²) in [5.41, 5.74) is 1.11. The number of nitrogens with zero attached hydrogens (tertiary/aromatic N) is 1. The van der Waals surface area contributed by atoms with Crippen LogP contribution in [0.4, 0.5) is 0 Å². The number of hydrogen-bond donors (Lipinski definition) is 1. The average Bonchev–Trinajstić information content (AvgIpc) is 2.41. The minimum absolute atomic E-state index is 0.145. The first-order chi connectivity index (χ1) is 9.54. The predicted molar refractivity (Wildman–Crippen MR) is 82.1 cm³/mol. The highest BCUT2D eigenvalue weighted by atomic mass is 16.5. The Balaban J connectivity index is 2.31. The van der Waals surface area contributed by atoms with Crippen molar-refractivity contribution in [1.29, 1.82) is 0 Å². The van der Waals surface area contributed by atoms with Crippen molar-refractivity contribution >= 4 is 5.91 Å². The number of ether oxygens (including phenoxy) is 1. The number of likely N-dealkylation sites (N-methyl/N-ethyl adjacent to an activating group) is 1. The van der Waals surface area contributed by atoms with Crippen molar-refractivity contribution in [3.63, 3.8) is 0 Å². The van der Waals surface area contributed by atoms with E-state index in [2.05, 4.69) is 5.32 Å². The molecule has 0 fully saturated rings. The number of aryl methyl sites for hydroxylation is 1. The molecule has 1 atom stereocenters. The van der Waals surface area contributed by atoms with Crippen LogP contribution < -0.4 is 10.1 Å². The lowest BCUT2D eigenvalue weighted by Gasteiger charge is -2.20. The Morgan fingerprint density at radius 2 is 2.10 bits per heavy atom. The molecule has 1 aromatic carbocycles. The van der Waals surface area contributed by atoms with Crippen LogP contribution in [-0.2, 0) is 4.79 Å². The third kappa shape index (κ3) is 5.61. The Bertz CT molecular complexity index is 421. The van der Waals surface area contributed by atoms with Gasteiger partial charge in [-0.3, -0.25) is 4.79 Å². The number of carbonyl (C=O) groups excluding carboxylic acids is 1. The molecule has 0 aromatic heterocycles. The van der Waals surface area contributed by atoms with E-state index >= 15 is 0 Å². The lowest BCUT2D eigenvalue weighted by molar-refractivity contribution is -0.130. The van der Waals surface area contributed by atoms with Gasteiger partial charge in [-0.25, -0.2) is 0 Å². The monoisotopic (exact) mass is 278 g/mol. The van der Waals surface area contributed by atoms with Gasteiger partial charge in [0.2, 0.25) is 5.91 Å². The number of carbonyl (C=O) groups is 1. The number of hydrogen-bond acceptors (Lipinski definition) is 3. The van der Waals surface area contributed by atoms with Crippen molar-refractivity contribution in [1.82, 2.24) is 10.2 Å². The predicted octanol–water partition coefficient (Wildman–Crippen LogP) is 2.22. The van der Waals surface area contributed by atoms with Crippen molar-refractivity contribution in [3.05, 3.63) is 29.8 Å². The van der Waals surface area contributed by atoms with Crippen molar-refractivity contribution < 1.29 is 9.53 Å². The van der Waals surface area contributed by atoms with Crippen LogP contribution in [-0.4, -0.2) is 43.6 Å². The normalized spacial score (nSPS) is 12.0. The third-order valence-electron chi connectivity index (χ3n) is 3.24. The zero-order chi connectivity index (χ0) is 15.0. The number of para-hydroxylation sites is 1. The lowest BCUT2D eigenvalue weighted by atomic mass is 10.2. The lowest BCUT2D eigenvalue weighted by Crippen LogP contribution is -2.36. The van der Waals surface area contributed by atoms with Crippen LogP contribution in [0.25, 0.3) is 0 Å². The first-order valence-corrected chi connectivity index (χ1v) is 7.20. The van der Waals surface area contributed by atoms with Crippen LogP contribution in [0.15, 0.2) is 24.3 Å². The largest absolute Gasteiger partial charge is 0.491 e. The molecule has 0 aliphatic carbocycles. The maximum Gasteiger partial charge on any atom is 0.223 e. The van der Waals surface area contributed by atoms with Crippen LogP contribution in [0, 0.1) is 6.92 Å². The fourth-order valence-corrected chi connectivity index (χ4v) is 1.97. The quantitative estimate of drug-likeness (QED) is 0.793. The molecule has 0 bridgehead atoms. The molecule has 0 radical (unpaired) electrons. The first-order valence-electron chi connectivity index (χ1n) is 7.20. The minimum Gasteiger partial charge on any atom is -0.491 e. The van der Waals surface area contributed by atoms with E-state index < -0.39 is 0 Å². The van der Waals surface area contributed by atoms with Gasteiger partial charge in [0.05, 0.1) is 6.54 Å². The molecule has 0 heterocycles. The van der Waals surface area contributed by atoms with E-state index in [0.717, 1.165) is 17.9 Å². The number of amides is 1. The summed E-state index contributed by atoms with van der Waals surface area (Å²) < 4.78 is 5.70. The van der Waals surface area contributed by atoms with Crippen LogP contribution in [0.3, 0.4) is 0 Å². The molecule has 112 valence electrons. The summed E-state index contributed by atoms with van der Waals surface area (Å²) in [5, 5.41) is 3.24. The molecule has 0 saturated heterocycles. The SMILES string of the molecule is CCNC(C)CC(=O)N(C)CCOc1ccccc1C. The Morgan fingerprint density at radius 3 is 2.75 bits per heavy atom. The molecule has 1 N–H and O–H groups in total. The molecule has 1 amide bonds. The molecule has 0 aliphatic rings. The molecule has 0 saturated carbocycles. The van der Waals surface area contributed by atoms with Crippen molar-refractivity contribution in [2.24, 2.45) is 0 Å². The molecule has 4 nitrogen and oxygen atoms in total.